The molecule has 20 nitrogen and oxygen atoms in total. The van der Waals surface area contributed by atoms with Crippen molar-refractivity contribution in [2.45, 2.75) is 189 Å². The van der Waals surface area contributed by atoms with Crippen molar-refractivity contribution in [3.63, 3.8) is 0 Å². The van der Waals surface area contributed by atoms with E-state index in [1.54, 1.807) is 27.7 Å². The van der Waals surface area contributed by atoms with Crippen LogP contribution in [-0.2, 0) is 47.9 Å². The van der Waals surface area contributed by atoms with E-state index in [9.17, 15) is 48.3 Å². The van der Waals surface area contributed by atoms with Crippen molar-refractivity contribution in [2.24, 2.45) is 23.7 Å². The fraction of sp³-hybridized carbons (Fsp3) is 0.820. The highest BCUT2D eigenvalue weighted by molar-refractivity contribution is 5.97. The molecule has 0 unspecified atom stereocenters. The fourth-order valence-corrected chi connectivity index (χ4v) is 8.36. The summed E-state index contributed by atoms with van der Waals surface area (Å²) in [4.78, 5) is 135. The number of amides is 9. The van der Waals surface area contributed by atoms with Crippen molar-refractivity contribution in [1.29, 1.82) is 0 Å². The van der Waals surface area contributed by atoms with Gasteiger partial charge in [0, 0.05) is 54.7 Å². The monoisotopic (exact) mass is 994 g/mol. The average Bonchev–Trinajstić information content (AvgIpc) is 3.25. The fourth-order valence-electron chi connectivity index (χ4n) is 8.36. The molecule has 0 radical (unpaired) electrons. The Labute approximate surface area is 418 Å². The van der Waals surface area contributed by atoms with Crippen LogP contribution < -0.4 is 16.0 Å². The van der Waals surface area contributed by atoms with Crippen molar-refractivity contribution in [3.05, 3.63) is 0 Å². The highest BCUT2D eigenvalue weighted by Gasteiger charge is 2.42. The van der Waals surface area contributed by atoms with Crippen molar-refractivity contribution >= 4 is 53.2 Å². The lowest BCUT2D eigenvalue weighted by molar-refractivity contribution is -0.153. The van der Waals surface area contributed by atoms with Gasteiger partial charge < -0.3 is 55.2 Å². The molecule has 20 heteroatoms. The van der Waals surface area contributed by atoms with Crippen LogP contribution in [0.25, 0.3) is 0 Å². The molecule has 0 aromatic heterocycles. The molecule has 1 aliphatic heterocycles. The molecule has 0 aromatic rings. The third kappa shape index (κ3) is 18.4. The summed E-state index contributed by atoms with van der Waals surface area (Å²) in [7, 11) is 8.60. The summed E-state index contributed by atoms with van der Waals surface area (Å²) in [5.41, 5.74) is -0.761. The van der Waals surface area contributed by atoms with Crippen LogP contribution in [0.4, 0.5) is 0 Å². The number of carbonyl (C=O) groups excluding carboxylic acids is 9. The molecule has 9 amide bonds. The number of aliphatic hydroxyl groups is 1. The molecule has 0 aromatic carbocycles. The van der Waals surface area contributed by atoms with E-state index in [0.717, 1.165) is 4.90 Å². The van der Waals surface area contributed by atoms with Crippen LogP contribution in [-0.4, -0.2) is 203 Å². The first kappa shape index (κ1) is 63.2. The van der Waals surface area contributed by atoms with Crippen LogP contribution in [0, 0.1) is 23.7 Å². The number of ether oxygens (including phenoxy) is 1. The molecule has 4 N–H and O–H groups in total. The van der Waals surface area contributed by atoms with Gasteiger partial charge in [-0.25, -0.2) is 0 Å². The van der Waals surface area contributed by atoms with Gasteiger partial charge in [-0.15, -0.1) is 0 Å². The number of likely N-dealkylation sites (N-methyl/N-ethyl adjacent to an activating group) is 6. The predicted octanol–water partition coefficient (Wildman–Crippen LogP) is 1.86. The molecule has 10 atom stereocenters. The SMILES string of the molecule is CC[C@H](C)[C@H]1C(=O)N[C@@H](C)CC(=O)N(C)[C@H](C)C(=O)N(C)[C@@H](CC(C)C)C(=O)N(C)[C@@H](CC(C)C)C(=O)N[C@@H]([C@@H](C)O)C(=O)N(C)CC(=O)N[C@@H](COC(C)(C)C)C(=O)N(C)[C@@H](CC(C)C)C(=O)N1C. The van der Waals surface area contributed by atoms with E-state index in [1.807, 2.05) is 55.4 Å². The molecule has 402 valence electrons. The summed E-state index contributed by atoms with van der Waals surface area (Å²) < 4.78 is 5.99. The normalized spacial score (nSPS) is 27.0. The van der Waals surface area contributed by atoms with Crippen LogP contribution in [0.3, 0.4) is 0 Å². The average molecular weight is 994 g/mol. The highest BCUT2D eigenvalue weighted by Crippen LogP contribution is 2.23. The molecule has 1 rings (SSSR count). The van der Waals surface area contributed by atoms with Gasteiger partial charge in [0.2, 0.25) is 53.2 Å². The Hall–Kier alpha value is -4.85. The van der Waals surface area contributed by atoms with Gasteiger partial charge >= 0.3 is 0 Å². The lowest BCUT2D eigenvalue weighted by atomic mass is 9.94. The maximum absolute atomic E-state index is 14.7. The molecule has 0 bridgehead atoms. The van der Waals surface area contributed by atoms with Gasteiger partial charge in [-0.1, -0.05) is 61.8 Å². The Balaban J connectivity index is 4.09. The number of nitrogens with one attached hydrogen (secondary N) is 3. The van der Waals surface area contributed by atoms with E-state index in [4.69, 9.17) is 4.74 Å². The number of carbonyl (C=O) groups is 9. The Bertz CT molecular complexity index is 1820. The second kappa shape index (κ2) is 27.7. The molecule has 1 saturated heterocycles. The number of hydrogen-bond donors (Lipinski definition) is 4. The van der Waals surface area contributed by atoms with Crippen LogP contribution in [0.5, 0.6) is 0 Å². The summed E-state index contributed by atoms with van der Waals surface area (Å²) >= 11 is 0. The lowest BCUT2D eigenvalue weighted by Crippen LogP contribution is -2.61. The van der Waals surface area contributed by atoms with Crippen LogP contribution >= 0.6 is 0 Å². The molecule has 1 aliphatic rings. The molecular formula is C50H91N9O11. The maximum atomic E-state index is 14.7. The highest BCUT2D eigenvalue weighted by atomic mass is 16.5. The van der Waals surface area contributed by atoms with Gasteiger partial charge in [-0.3, -0.25) is 43.2 Å². The summed E-state index contributed by atoms with van der Waals surface area (Å²) in [5, 5.41) is 19.1. The zero-order valence-electron chi connectivity index (χ0n) is 46.2. The van der Waals surface area contributed by atoms with Gasteiger partial charge in [-0.2, -0.15) is 0 Å². The zero-order valence-corrected chi connectivity index (χ0v) is 46.2. The van der Waals surface area contributed by atoms with Gasteiger partial charge in [0.05, 0.1) is 24.9 Å². The molecular weight excluding hydrogens is 903 g/mol. The van der Waals surface area contributed by atoms with Gasteiger partial charge in [0.15, 0.2) is 0 Å². The Kier molecular flexibility index (Phi) is 25.0. The minimum absolute atomic E-state index is 0.0944. The van der Waals surface area contributed by atoms with E-state index in [1.165, 1.54) is 80.6 Å². The van der Waals surface area contributed by atoms with E-state index in [-0.39, 0.29) is 56.0 Å². The zero-order chi connectivity index (χ0) is 54.4. The predicted molar refractivity (Wildman–Crippen MR) is 267 cm³/mol. The van der Waals surface area contributed by atoms with Crippen LogP contribution in [0.15, 0.2) is 0 Å². The number of hydrogen-bond acceptors (Lipinski definition) is 11. The third-order valence-corrected chi connectivity index (χ3v) is 12.9. The van der Waals surface area contributed by atoms with Crippen molar-refractivity contribution in [2.75, 3.05) is 55.4 Å². The minimum atomic E-state index is -1.57. The van der Waals surface area contributed by atoms with Crippen molar-refractivity contribution in [1.82, 2.24) is 45.3 Å². The molecule has 1 fully saturated rings. The Morgan fingerprint density at radius 2 is 1.06 bits per heavy atom. The van der Waals surface area contributed by atoms with E-state index in [2.05, 4.69) is 16.0 Å². The molecule has 0 spiro atoms. The summed E-state index contributed by atoms with van der Waals surface area (Å²) in [6, 6.07) is -9.09. The summed E-state index contributed by atoms with van der Waals surface area (Å²) in [5.74, 6) is -6.41. The lowest BCUT2D eigenvalue weighted by Gasteiger charge is -2.39. The smallest absolute Gasteiger partial charge is 0.248 e. The number of aliphatic hydroxyl groups excluding tert-OH is 1. The van der Waals surface area contributed by atoms with E-state index < -0.39 is 120 Å². The number of rotatable bonds is 11. The van der Waals surface area contributed by atoms with Gasteiger partial charge in [-0.05, 0) is 84.5 Å². The van der Waals surface area contributed by atoms with Gasteiger partial charge in [0.25, 0.3) is 0 Å². The molecule has 70 heavy (non-hydrogen) atoms. The Morgan fingerprint density at radius 1 is 0.600 bits per heavy atom. The third-order valence-electron chi connectivity index (χ3n) is 12.9. The second-order valence-corrected chi connectivity index (χ2v) is 21.8. The molecule has 0 aliphatic carbocycles. The minimum Gasteiger partial charge on any atom is -0.391 e. The number of nitrogens with zero attached hydrogens (tertiary/aromatic N) is 6. The van der Waals surface area contributed by atoms with E-state index >= 15 is 0 Å². The van der Waals surface area contributed by atoms with Crippen molar-refractivity contribution < 1.29 is 53.0 Å². The maximum Gasteiger partial charge on any atom is 0.248 e. The second-order valence-electron chi connectivity index (χ2n) is 21.8. The standard InChI is InChI=1S/C50H91N9O11/c1-21-31(8)42-44(64)51-32(9)25-40(62)55(16)33(10)45(65)57(18)37(23-29(4)5)47(67)56(17)36(22-28(2)3)43(63)53-41(34(11)60)49(69)54(15)26-39(61)52-35(27-70-50(12,13)14)46(66)58(19)38(24-30(6)7)48(68)59(42)20/h28-38,41-42,60H,21-27H2,1-20H3,(H,51,64)(H,52,61)(H,53,63)/t31-,32-,33+,34+,35-,36-,37-,38-,41-,42-/m0/s1. The first-order chi connectivity index (χ1) is 32.1. The van der Waals surface area contributed by atoms with Gasteiger partial charge in [0.1, 0.15) is 42.3 Å². The molecule has 0 saturated carbocycles. The largest absolute Gasteiger partial charge is 0.391 e. The van der Waals surface area contributed by atoms with Crippen LogP contribution in [0.1, 0.15) is 129 Å². The Morgan fingerprint density at radius 3 is 1.51 bits per heavy atom. The van der Waals surface area contributed by atoms with Crippen molar-refractivity contribution in [3.8, 4) is 0 Å². The quantitative estimate of drug-likeness (QED) is 0.233. The topological polar surface area (TPSA) is 239 Å². The van der Waals surface area contributed by atoms with E-state index in [0.29, 0.717) is 6.42 Å². The summed E-state index contributed by atoms with van der Waals surface area (Å²) in [6.07, 6.45) is -0.647. The van der Waals surface area contributed by atoms with Crippen LogP contribution in [0.2, 0.25) is 0 Å². The molecule has 1 heterocycles. The first-order valence-electron chi connectivity index (χ1n) is 24.9. The summed E-state index contributed by atoms with van der Waals surface area (Å²) in [6.45, 7) is 23.8. The first-order valence-corrected chi connectivity index (χ1v) is 24.9.